The number of amides is 1. The average Bonchev–Trinajstić information content (AvgIpc) is 3.31. The normalized spacial score (nSPS) is 21.2. The number of hydrogen-bond donors (Lipinski definition) is 1. The second-order valence-corrected chi connectivity index (χ2v) is 7.51. The molecule has 0 radical (unpaired) electrons. The summed E-state index contributed by atoms with van der Waals surface area (Å²) in [5, 5.41) is 8.06. The smallest absolute Gasteiger partial charge is 0.278 e. The van der Waals surface area contributed by atoms with E-state index in [1.165, 1.54) is 0 Å². The standard InChI is InChI=1S/C21H28N4O3.ClH/c1-27-11-12-28-19-15-25(18-5-3-2-4-6-18)23-20(19)21(26)24-9-7-16-13-22-14-17(16)8-10-24;/h2-6,15-17,22H,7-14H2,1H3;1H/t16-,17+;. The van der Waals surface area contributed by atoms with Gasteiger partial charge in [-0.15, -0.1) is 12.4 Å². The van der Waals surface area contributed by atoms with Crippen molar-refractivity contribution in [3.05, 3.63) is 42.2 Å². The maximum absolute atomic E-state index is 13.3. The van der Waals surface area contributed by atoms with Crippen LogP contribution in [0, 0.1) is 11.8 Å². The number of carbonyl (C=O) groups excluding carboxylic acids is 1. The zero-order chi connectivity index (χ0) is 19.3. The molecule has 1 aromatic heterocycles. The Balaban J connectivity index is 0.00000240. The highest BCUT2D eigenvalue weighted by Gasteiger charge is 2.33. The zero-order valence-electron chi connectivity index (χ0n) is 16.8. The topological polar surface area (TPSA) is 68.6 Å². The molecule has 2 saturated heterocycles. The molecule has 3 heterocycles. The van der Waals surface area contributed by atoms with Crippen LogP contribution in [-0.2, 0) is 4.74 Å². The minimum absolute atomic E-state index is 0. The fourth-order valence-corrected chi connectivity index (χ4v) is 4.13. The van der Waals surface area contributed by atoms with Gasteiger partial charge in [0.25, 0.3) is 5.91 Å². The van der Waals surface area contributed by atoms with Crippen molar-refractivity contribution in [1.82, 2.24) is 20.0 Å². The van der Waals surface area contributed by atoms with Gasteiger partial charge in [0.05, 0.1) is 18.5 Å². The fourth-order valence-electron chi connectivity index (χ4n) is 4.13. The molecule has 0 bridgehead atoms. The predicted octanol–water partition coefficient (Wildman–Crippen LogP) is 2.39. The van der Waals surface area contributed by atoms with E-state index in [0.717, 1.165) is 44.7 Å². The summed E-state index contributed by atoms with van der Waals surface area (Å²) < 4.78 is 12.6. The van der Waals surface area contributed by atoms with Gasteiger partial charge in [0.15, 0.2) is 11.4 Å². The first kappa shape index (κ1) is 21.6. The zero-order valence-corrected chi connectivity index (χ0v) is 17.6. The summed E-state index contributed by atoms with van der Waals surface area (Å²) in [4.78, 5) is 15.2. The molecule has 2 aromatic rings. The number of hydrogen-bond acceptors (Lipinski definition) is 5. The van der Waals surface area contributed by atoms with Gasteiger partial charge < -0.3 is 19.7 Å². The average molecular weight is 421 g/mol. The van der Waals surface area contributed by atoms with Gasteiger partial charge in [-0.2, -0.15) is 5.10 Å². The van der Waals surface area contributed by atoms with Crippen LogP contribution in [0.1, 0.15) is 23.3 Å². The van der Waals surface area contributed by atoms with E-state index in [4.69, 9.17) is 9.47 Å². The maximum Gasteiger partial charge on any atom is 0.278 e. The Morgan fingerprint density at radius 3 is 2.48 bits per heavy atom. The van der Waals surface area contributed by atoms with Crippen molar-refractivity contribution in [1.29, 1.82) is 0 Å². The molecule has 0 saturated carbocycles. The van der Waals surface area contributed by atoms with Gasteiger partial charge in [-0.05, 0) is 49.9 Å². The molecular weight excluding hydrogens is 392 g/mol. The largest absolute Gasteiger partial charge is 0.487 e. The van der Waals surface area contributed by atoms with Crippen molar-refractivity contribution in [3.8, 4) is 11.4 Å². The lowest BCUT2D eigenvalue weighted by molar-refractivity contribution is 0.0745. The molecule has 2 aliphatic rings. The van der Waals surface area contributed by atoms with Gasteiger partial charge >= 0.3 is 0 Å². The van der Waals surface area contributed by atoms with E-state index in [-0.39, 0.29) is 18.3 Å². The lowest BCUT2D eigenvalue weighted by atomic mass is 9.92. The minimum atomic E-state index is -0.0463. The molecule has 0 spiro atoms. The Morgan fingerprint density at radius 2 is 1.83 bits per heavy atom. The summed E-state index contributed by atoms with van der Waals surface area (Å²) in [5.74, 6) is 1.82. The Morgan fingerprint density at radius 1 is 1.14 bits per heavy atom. The van der Waals surface area contributed by atoms with Crippen LogP contribution >= 0.6 is 12.4 Å². The molecule has 1 N–H and O–H groups in total. The van der Waals surface area contributed by atoms with Gasteiger partial charge in [0, 0.05) is 20.2 Å². The van der Waals surface area contributed by atoms with Gasteiger partial charge in [0.1, 0.15) is 6.61 Å². The van der Waals surface area contributed by atoms with Crippen LogP contribution in [0.2, 0.25) is 0 Å². The Bertz CT molecular complexity index is 784. The minimum Gasteiger partial charge on any atom is -0.487 e. The van der Waals surface area contributed by atoms with E-state index in [2.05, 4.69) is 10.4 Å². The Kier molecular flexibility index (Phi) is 7.52. The summed E-state index contributed by atoms with van der Waals surface area (Å²) in [5.41, 5.74) is 1.28. The van der Waals surface area contributed by atoms with Crippen LogP contribution in [0.5, 0.6) is 5.75 Å². The molecule has 1 amide bonds. The SMILES string of the molecule is COCCOc1cn(-c2ccccc2)nc1C(=O)N1CC[C@@H]2CNC[C@@H]2CC1.Cl. The monoisotopic (exact) mass is 420 g/mol. The van der Waals surface area contributed by atoms with Crippen LogP contribution in [0.25, 0.3) is 5.69 Å². The van der Waals surface area contributed by atoms with Gasteiger partial charge in [-0.25, -0.2) is 4.68 Å². The van der Waals surface area contributed by atoms with Crippen LogP contribution < -0.4 is 10.1 Å². The number of para-hydroxylation sites is 1. The van der Waals surface area contributed by atoms with E-state index in [1.54, 1.807) is 18.0 Å². The molecule has 0 aliphatic carbocycles. The van der Waals surface area contributed by atoms with Crippen LogP contribution in [0.4, 0.5) is 0 Å². The summed E-state index contributed by atoms with van der Waals surface area (Å²) in [6.07, 6.45) is 3.88. The summed E-state index contributed by atoms with van der Waals surface area (Å²) in [7, 11) is 1.63. The van der Waals surface area contributed by atoms with Crippen molar-refractivity contribution >= 4 is 18.3 Å². The molecule has 2 aliphatic heterocycles. The van der Waals surface area contributed by atoms with Gasteiger partial charge in [0.2, 0.25) is 0 Å². The van der Waals surface area contributed by atoms with Crippen LogP contribution in [0.15, 0.2) is 36.5 Å². The van der Waals surface area contributed by atoms with E-state index in [9.17, 15) is 4.79 Å². The third kappa shape index (κ3) is 4.91. The third-order valence-corrected chi connectivity index (χ3v) is 5.76. The number of likely N-dealkylation sites (tertiary alicyclic amines) is 1. The highest BCUT2D eigenvalue weighted by Crippen LogP contribution is 2.29. The van der Waals surface area contributed by atoms with Crippen LogP contribution in [-0.4, -0.2) is 67.1 Å². The quantitative estimate of drug-likeness (QED) is 0.727. The molecule has 1 aromatic carbocycles. The highest BCUT2D eigenvalue weighted by molar-refractivity contribution is 5.95. The summed E-state index contributed by atoms with van der Waals surface area (Å²) >= 11 is 0. The summed E-state index contributed by atoms with van der Waals surface area (Å²) in [6, 6.07) is 9.77. The number of nitrogens with zero attached hydrogens (tertiary/aromatic N) is 3. The first-order valence-corrected chi connectivity index (χ1v) is 10.0. The predicted molar refractivity (Wildman–Crippen MR) is 113 cm³/mol. The first-order chi connectivity index (χ1) is 13.8. The molecule has 8 heteroatoms. The molecule has 2 fully saturated rings. The van der Waals surface area contributed by atoms with Crippen molar-refractivity contribution in [2.24, 2.45) is 11.8 Å². The number of halogens is 1. The first-order valence-electron chi connectivity index (χ1n) is 10.0. The van der Waals surface area contributed by atoms with E-state index >= 15 is 0 Å². The maximum atomic E-state index is 13.3. The number of carbonyl (C=O) groups is 1. The number of rotatable bonds is 6. The van der Waals surface area contributed by atoms with Crippen LogP contribution in [0.3, 0.4) is 0 Å². The molecule has 4 rings (SSSR count). The number of ether oxygens (including phenoxy) is 2. The fraction of sp³-hybridized carbons (Fsp3) is 0.524. The Labute approximate surface area is 177 Å². The summed E-state index contributed by atoms with van der Waals surface area (Å²) in [6.45, 7) is 4.54. The molecule has 7 nitrogen and oxygen atoms in total. The van der Waals surface area contributed by atoms with Gasteiger partial charge in [-0.3, -0.25) is 4.79 Å². The molecule has 29 heavy (non-hydrogen) atoms. The number of methoxy groups -OCH3 is 1. The third-order valence-electron chi connectivity index (χ3n) is 5.76. The molecule has 2 atom stereocenters. The van der Waals surface area contributed by atoms with Gasteiger partial charge in [-0.1, -0.05) is 18.2 Å². The second kappa shape index (κ2) is 10.1. The number of fused-ring (bicyclic) bond motifs is 1. The van der Waals surface area contributed by atoms with E-state index in [1.807, 2.05) is 35.2 Å². The number of nitrogens with one attached hydrogen (secondary N) is 1. The van der Waals surface area contributed by atoms with E-state index in [0.29, 0.717) is 36.5 Å². The number of aromatic nitrogens is 2. The highest BCUT2D eigenvalue weighted by atomic mass is 35.5. The van der Waals surface area contributed by atoms with Crippen molar-refractivity contribution in [2.45, 2.75) is 12.8 Å². The molecule has 158 valence electrons. The van der Waals surface area contributed by atoms with Crippen molar-refractivity contribution < 1.29 is 14.3 Å². The molecular formula is C21H29ClN4O3. The lowest BCUT2D eigenvalue weighted by Gasteiger charge is -2.20. The lowest BCUT2D eigenvalue weighted by Crippen LogP contribution is -2.33. The van der Waals surface area contributed by atoms with Crippen molar-refractivity contribution in [3.63, 3.8) is 0 Å². The van der Waals surface area contributed by atoms with Crippen molar-refractivity contribution in [2.75, 3.05) is 46.5 Å². The van der Waals surface area contributed by atoms with E-state index < -0.39 is 0 Å². The number of benzene rings is 1. The molecule has 0 unspecified atom stereocenters. The Hall–Kier alpha value is -2.09. The second-order valence-electron chi connectivity index (χ2n) is 7.51.